The summed E-state index contributed by atoms with van der Waals surface area (Å²) in [5.41, 5.74) is 0.400. The van der Waals surface area contributed by atoms with Gasteiger partial charge in [-0.15, -0.1) is 0 Å². The molecule has 0 spiro atoms. The van der Waals surface area contributed by atoms with Gasteiger partial charge in [0.25, 0.3) is 0 Å². The number of carbonyl (C=O) groups excluding carboxylic acids is 2. The van der Waals surface area contributed by atoms with Crippen LogP contribution in [0.2, 0.25) is 0 Å². The monoisotopic (exact) mass is 266 g/mol. The van der Waals surface area contributed by atoms with Gasteiger partial charge in [-0.2, -0.15) is 0 Å². The third-order valence-electron chi connectivity index (χ3n) is 2.40. The predicted molar refractivity (Wildman–Crippen MR) is 69.7 cm³/mol. The van der Waals surface area contributed by atoms with Gasteiger partial charge in [-0.1, -0.05) is 0 Å². The van der Waals surface area contributed by atoms with Crippen molar-refractivity contribution in [2.75, 3.05) is 20.3 Å². The highest BCUT2D eigenvalue weighted by Crippen LogP contribution is 2.28. The van der Waals surface area contributed by atoms with Gasteiger partial charge >= 0.3 is 5.97 Å². The number of ketones is 1. The number of hydrogen-bond acceptors (Lipinski definition) is 5. The highest BCUT2D eigenvalue weighted by Gasteiger charge is 2.15. The average Bonchev–Trinajstić information content (AvgIpc) is 2.39. The van der Waals surface area contributed by atoms with E-state index in [9.17, 15) is 9.59 Å². The number of Topliss-reactive ketones (excluding diaryl/α,β-unsaturated/α-hetero) is 1. The molecule has 0 unspecified atom stereocenters. The number of methoxy groups -OCH3 is 1. The first-order valence-corrected chi connectivity index (χ1v) is 6.12. The molecule has 0 atom stereocenters. The first kappa shape index (κ1) is 15.0. The topological polar surface area (TPSA) is 61.8 Å². The maximum absolute atomic E-state index is 11.9. The van der Waals surface area contributed by atoms with Gasteiger partial charge in [0.15, 0.2) is 17.3 Å². The third kappa shape index (κ3) is 4.28. The normalized spacial score (nSPS) is 9.84. The van der Waals surface area contributed by atoms with E-state index < -0.39 is 5.97 Å². The van der Waals surface area contributed by atoms with Gasteiger partial charge in [-0.05, 0) is 32.0 Å². The van der Waals surface area contributed by atoms with E-state index in [1.807, 2.05) is 6.92 Å². The lowest BCUT2D eigenvalue weighted by Crippen LogP contribution is -2.11. The van der Waals surface area contributed by atoms with Crippen LogP contribution in [0.3, 0.4) is 0 Å². The highest BCUT2D eigenvalue weighted by atomic mass is 16.5. The number of hydrogen-bond donors (Lipinski definition) is 0. The summed E-state index contributed by atoms with van der Waals surface area (Å²) in [4.78, 5) is 23.2. The maximum Gasteiger partial charge on any atom is 0.313 e. The molecule has 1 aromatic rings. The summed E-state index contributed by atoms with van der Waals surface area (Å²) in [7, 11) is 1.53. The minimum absolute atomic E-state index is 0.263. The molecule has 0 aromatic heterocycles. The Balaban J connectivity index is 2.85. The minimum atomic E-state index is -0.527. The summed E-state index contributed by atoms with van der Waals surface area (Å²) < 4.78 is 15.2. The fourth-order valence-corrected chi connectivity index (χ4v) is 1.56. The molecular weight excluding hydrogens is 248 g/mol. The van der Waals surface area contributed by atoms with Crippen LogP contribution in [0.4, 0.5) is 0 Å². The summed E-state index contributed by atoms with van der Waals surface area (Å²) in [5.74, 6) is 0.206. The molecule has 0 fully saturated rings. The molecule has 0 saturated carbocycles. The van der Waals surface area contributed by atoms with Crippen LogP contribution in [-0.2, 0) is 9.53 Å². The molecular formula is C14H18O5. The fraction of sp³-hybridized carbons (Fsp3) is 0.429. The maximum atomic E-state index is 11.9. The second-order valence-electron chi connectivity index (χ2n) is 3.70. The Labute approximate surface area is 112 Å². The molecule has 19 heavy (non-hydrogen) atoms. The molecule has 0 amide bonds. The van der Waals surface area contributed by atoms with Crippen molar-refractivity contribution < 1.29 is 23.8 Å². The van der Waals surface area contributed by atoms with Crippen molar-refractivity contribution in [1.82, 2.24) is 0 Å². The van der Waals surface area contributed by atoms with Crippen molar-refractivity contribution >= 4 is 11.8 Å². The van der Waals surface area contributed by atoms with Gasteiger partial charge in [0, 0.05) is 5.56 Å². The molecule has 0 aliphatic heterocycles. The molecule has 0 aliphatic rings. The molecule has 0 aliphatic carbocycles. The quantitative estimate of drug-likeness (QED) is 0.430. The number of benzene rings is 1. The number of rotatable bonds is 7. The van der Waals surface area contributed by atoms with Gasteiger partial charge < -0.3 is 14.2 Å². The summed E-state index contributed by atoms with van der Waals surface area (Å²) >= 11 is 0. The van der Waals surface area contributed by atoms with E-state index in [0.29, 0.717) is 23.7 Å². The Morgan fingerprint density at radius 1 is 1.11 bits per heavy atom. The summed E-state index contributed by atoms with van der Waals surface area (Å²) in [5, 5.41) is 0. The first-order valence-electron chi connectivity index (χ1n) is 6.12. The van der Waals surface area contributed by atoms with Crippen molar-refractivity contribution in [3.63, 3.8) is 0 Å². The van der Waals surface area contributed by atoms with Crippen LogP contribution in [0.25, 0.3) is 0 Å². The van der Waals surface area contributed by atoms with E-state index >= 15 is 0 Å². The van der Waals surface area contributed by atoms with Gasteiger partial charge in [-0.3, -0.25) is 9.59 Å². The number of ether oxygens (including phenoxy) is 3. The molecule has 0 saturated heterocycles. The lowest BCUT2D eigenvalue weighted by Gasteiger charge is -2.10. The van der Waals surface area contributed by atoms with E-state index in [1.54, 1.807) is 25.1 Å². The minimum Gasteiger partial charge on any atom is -0.493 e. The van der Waals surface area contributed by atoms with Crippen molar-refractivity contribution in [3.8, 4) is 11.5 Å². The molecule has 5 nitrogen and oxygen atoms in total. The largest absolute Gasteiger partial charge is 0.493 e. The Morgan fingerprint density at radius 2 is 1.84 bits per heavy atom. The Morgan fingerprint density at radius 3 is 2.42 bits per heavy atom. The summed E-state index contributed by atoms with van der Waals surface area (Å²) in [6.07, 6.45) is -0.272. The van der Waals surface area contributed by atoms with Crippen molar-refractivity contribution in [3.05, 3.63) is 23.8 Å². The van der Waals surface area contributed by atoms with Crippen molar-refractivity contribution in [1.29, 1.82) is 0 Å². The fourth-order valence-electron chi connectivity index (χ4n) is 1.56. The summed E-state index contributed by atoms with van der Waals surface area (Å²) in [6, 6.07) is 4.82. The van der Waals surface area contributed by atoms with Crippen LogP contribution in [0.15, 0.2) is 18.2 Å². The Kier molecular flexibility index (Phi) is 5.85. The lowest BCUT2D eigenvalue weighted by atomic mass is 10.1. The zero-order valence-electron chi connectivity index (χ0n) is 11.4. The second-order valence-corrected chi connectivity index (χ2v) is 3.70. The van der Waals surface area contributed by atoms with Gasteiger partial charge in [-0.25, -0.2) is 0 Å². The van der Waals surface area contributed by atoms with E-state index in [2.05, 4.69) is 0 Å². The lowest BCUT2D eigenvalue weighted by molar-refractivity contribution is -0.141. The molecule has 0 radical (unpaired) electrons. The van der Waals surface area contributed by atoms with Gasteiger partial charge in [0.2, 0.25) is 0 Å². The van der Waals surface area contributed by atoms with E-state index in [0.717, 1.165) is 0 Å². The van der Waals surface area contributed by atoms with E-state index in [1.165, 1.54) is 7.11 Å². The van der Waals surface area contributed by atoms with Crippen molar-refractivity contribution in [2.45, 2.75) is 20.3 Å². The molecule has 0 heterocycles. The standard InChI is InChI=1S/C14H18O5/c1-4-18-13-8-10(6-7-12(13)17-3)11(15)9-14(16)19-5-2/h6-8H,4-5,9H2,1-3H3. The van der Waals surface area contributed by atoms with E-state index in [4.69, 9.17) is 14.2 Å². The van der Waals surface area contributed by atoms with Crippen LogP contribution in [0, 0.1) is 0 Å². The van der Waals surface area contributed by atoms with Crippen LogP contribution >= 0.6 is 0 Å². The zero-order chi connectivity index (χ0) is 14.3. The van der Waals surface area contributed by atoms with Crippen molar-refractivity contribution in [2.24, 2.45) is 0 Å². The second kappa shape index (κ2) is 7.41. The Bertz CT molecular complexity index is 453. The zero-order valence-corrected chi connectivity index (χ0v) is 11.4. The molecule has 0 N–H and O–H groups in total. The molecule has 0 bridgehead atoms. The van der Waals surface area contributed by atoms with Crippen LogP contribution in [-0.4, -0.2) is 32.1 Å². The number of esters is 1. The van der Waals surface area contributed by atoms with Gasteiger partial charge in [0.05, 0.1) is 20.3 Å². The van der Waals surface area contributed by atoms with Crippen LogP contribution in [0.5, 0.6) is 11.5 Å². The SMILES string of the molecule is CCOC(=O)CC(=O)c1ccc(OC)c(OCC)c1. The molecule has 5 heteroatoms. The average molecular weight is 266 g/mol. The third-order valence-corrected chi connectivity index (χ3v) is 2.40. The first-order chi connectivity index (χ1) is 9.12. The number of carbonyl (C=O) groups is 2. The van der Waals surface area contributed by atoms with Crippen LogP contribution < -0.4 is 9.47 Å². The molecule has 1 aromatic carbocycles. The summed E-state index contributed by atoms with van der Waals surface area (Å²) in [6.45, 7) is 4.26. The van der Waals surface area contributed by atoms with E-state index in [-0.39, 0.29) is 18.8 Å². The van der Waals surface area contributed by atoms with Gasteiger partial charge in [0.1, 0.15) is 6.42 Å². The highest BCUT2D eigenvalue weighted by molar-refractivity contribution is 6.06. The molecule has 104 valence electrons. The van der Waals surface area contributed by atoms with Crippen LogP contribution in [0.1, 0.15) is 30.6 Å². The predicted octanol–water partition coefficient (Wildman–Crippen LogP) is 2.23. The smallest absolute Gasteiger partial charge is 0.313 e. The Hall–Kier alpha value is -2.04. The molecule has 1 rings (SSSR count).